The Morgan fingerprint density at radius 2 is 1.80 bits per heavy atom. The number of benzene rings is 2. The highest BCUT2D eigenvalue weighted by molar-refractivity contribution is 5.78. The quantitative estimate of drug-likeness (QED) is 0.888. The van der Waals surface area contributed by atoms with Gasteiger partial charge >= 0.3 is 6.09 Å². The molecular formula is C18H17F3N2O2. The lowest BCUT2D eigenvalue weighted by Gasteiger charge is -2.17. The maximum Gasteiger partial charge on any atom is 0.409 e. The van der Waals surface area contributed by atoms with Gasteiger partial charge in [-0.05, 0) is 67.2 Å². The predicted octanol–water partition coefficient (Wildman–Crippen LogP) is 3.38. The molecule has 25 heavy (non-hydrogen) atoms. The predicted molar refractivity (Wildman–Crippen MR) is 86.6 cm³/mol. The standard InChI is InChI=1S/C18H17F3N2O2/c19-13-4-11(5-14(20)7-13)16-8-15(21)6-12(17(16)25-18(22)24)3-10-1-2-23-9-10/h4-8,10,23H,1-3,9H2,(H2,22,24)/t10-/m0/s1. The number of ether oxygens (including phenoxy) is 1. The fourth-order valence-corrected chi connectivity index (χ4v) is 3.15. The van der Waals surface area contributed by atoms with Gasteiger partial charge in [-0.1, -0.05) is 0 Å². The second-order valence-electron chi connectivity index (χ2n) is 6.08. The molecule has 1 aliphatic heterocycles. The number of rotatable bonds is 4. The Balaban J connectivity index is 2.11. The van der Waals surface area contributed by atoms with Crippen LogP contribution < -0.4 is 15.8 Å². The number of carbonyl (C=O) groups excluding carboxylic acids is 1. The van der Waals surface area contributed by atoms with E-state index in [0.29, 0.717) is 18.1 Å². The molecule has 7 heteroatoms. The molecule has 0 spiro atoms. The fourth-order valence-electron chi connectivity index (χ4n) is 3.15. The summed E-state index contributed by atoms with van der Waals surface area (Å²) in [4.78, 5) is 11.3. The minimum absolute atomic E-state index is 0.0331. The molecular weight excluding hydrogens is 333 g/mol. The van der Waals surface area contributed by atoms with Crippen LogP contribution in [0.3, 0.4) is 0 Å². The largest absolute Gasteiger partial charge is 0.410 e. The zero-order valence-corrected chi connectivity index (χ0v) is 13.3. The van der Waals surface area contributed by atoms with Crippen molar-refractivity contribution in [3.63, 3.8) is 0 Å². The van der Waals surface area contributed by atoms with E-state index < -0.39 is 23.5 Å². The molecule has 3 rings (SSSR count). The Bertz CT molecular complexity index is 785. The van der Waals surface area contributed by atoms with Crippen molar-refractivity contribution in [2.24, 2.45) is 11.7 Å². The number of hydrogen-bond acceptors (Lipinski definition) is 3. The second kappa shape index (κ2) is 7.14. The van der Waals surface area contributed by atoms with Crippen molar-refractivity contribution >= 4 is 6.09 Å². The fraction of sp³-hybridized carbons (Fsp3) is 0.278. The lowest BCUT2D eigenvalue weighted by Crippen LogP contribution is -2.19. The number of primary amides is 1. The smallest absolute Gasteiger partial charge is 0.409 e. The highest BCUT2D eigenvalue weighted by atomic mass is 19.1. The minimum atomic E-state index is -1.07. The molecule has 1 saturated heterocycles. The second-order valence-corrected chi connectivity index (χ2v) is 6.08. The summed E-state index contributed by atoms with van der Waals surface area (Å²) in [5.41, 5.74) is 5.72. The normalized spacial score (nSPS) is 16.8. The van der Waals surface area contributed by atoms with Crippen LogP contribution in [0.4, 0.5) is 18.0 Å². The Labute approximate surface area is 142 Å². The number of carbonyl (C=O) groups is 1. The molecule has 0 bridgehead atoms. The first-order valence-corrected chi connectivity index (χ1v) is 7.89. The summed E-state index contributed by atoms with van der Waals surface area (Å²) in [5.74, 6) is -1.94. The number of nitrogens with one attached hydrogen (secondary N) is 1. The van der Waals surface area contributed by atoms with Crippen LogP contribution in [0.1, 0.15) is 12.0 Å². The van der Waals surface area contributed by atoms with E-state index in [0.717, 1.165) is 37.7 Å². The van der Waals surface area contributed by atoms with Gasteiger partial charge in [0.25, 0.3) is 0 Å². The SMILES string of the molecule is NC(=O)Oc1c(C[C@@H]2CCNC2)cc(F)cc1-c1cc(F)cc(F)c1. The van der Waals surface area contributed by atoms with E-state index in [4.69, 9.17) is 10.5 Å². The van der Waals surface area contributed by atoms with Crippen LogP contribution in [0, 0.1) is 23.4 Å². The first-order chi connectivity index (χ1) is 11.9. The average Bonchev–Trinajstić information content (AvgIpc) is 3.01. The van der Waals surface area contributed by atoms with Crippen LogP contribution in [0.5, 0.6) is 5.75 Å². The van der Waals surface area contributed by atoms with Gasteiger partial charge in [0.05, 0.1) is 0 Å². The highest BCUT2D eigenvalue weighted by Crippen LogP contribution is 2.37. The Kier molecular flexibility index (Phi) is 4.94. The zero-order chi connectivity index (χ0) is 18.0. The van der Waals surface area contributed by atoms with Gasteiger partial charge < -0.3 is 15.8 Å². The molecule has 2 aromatic rings. The van der Waals surface area contributed by atoms with Crippen LogP contribution >= 0.6 is 0 Å². The molecule has 0 saturated carbocycles. The van der Waals surface area contributed by atoms with Crippen molar-refractivity contribution in [1.82, 2.24) is 5.32 Å². The number of amides is 1. The van der Waals surface area contributed by atoms with Crippen LogP contribution in [0.2, 0.25) is 0 Å². The maximum atomic E-state index is 14.1. The van der Waals surface area contributed by atoms with E-state index in [1.165, 1.54) is 6.07 Å². The van der Waals surface area contributed by atoms with Gasteiger partial charge in [-0.3, -0.25) is 0 Å². The molecule has 4 nitrogen and oxygen atoms in total. The summed E-state index contributed by atoms with van der Waals surface area (Å²) < 4.78 is 46.3. The van der Waals surface area contributed by atoms with Gasteiger partial charge in [-0.15, -0.1) is 0 Å². The lowest BCUT2D eigenvalue weighted by molar-refractivity contribution is 0.210. The van der Waals surface area contributed by atoms with Gasteiger partial charge in [0.15, 0.2) is 0 Å². The van der Waals surface area contributed by atoms with Gasteiger partial charge in [0.1, 0.15) is 23.2 Å². The molecule has 0 radical (unpaired) electrons. The van der Waals surface area contributed by atoms with Crippen molar-refractivity contribution in [2.75, 3.05) is 13.1 Å². The summed E-state index contributed by atoms with van der Waals surface area (Å²) in [5, 5.41) is 3.20. The molecule has 2 aromatic carbocycles. The number of hydrogen-bond donors (Lipinski definition) is 2. The van der Waals surface area contributed by atoms with E-state index in [1.54, 1.807) is 0 Å². The van der Waals surface area contributed by atoms with Gasteiger partial charge in [0, 0.05) is 11.6 Å². The molecule has 0 aliphatic carbocycles. The third-order valence-electron chi connectivity index (χ3n) is 4.18. The van der Waals surface area contributed by atoms with Crippen molar-refractivity contribution in [3.05, 3.63) is 53.3 Å². The van der Waals surface area contributed by atoms with Crippen LogP contribution in [0.25, 0.3) is 11.1 Å². The van der Waals surface area contributed by atoms with Crippen molar-refractivity contribution in [1.29, 1.82) is 0 Å². The Morgan fingerprint density at radius 1 is 1.12 bits per heavy atom. The summed E-state index contributed by atoms with van der Waals surface area (Å²) >= 11 is 0. The molecule has 132 valence electrons. The number of nitrogens with two attached hydrogens (primary N) is 1. The molecule has 1 aliphatic rings. The number of halogens is 3. The van der Waals surface area contributed by atoms with E-state index in [9.17, 15) is 18.0 Å². The van der Waals surface area contributed by atoms with E-state index in [-0.39, 0.29) is 22.8 Å². The summed E-state index contributed by atoms with van der Waals surface area (Å²) in [6.45, 7) is 1.62. The van der Waals surface area contributed by atoms with E-state index in [1.807, 2.05) is 0 Å². The third-order valence-corrected chi connectivity index (χ3v) is 4.18. The molecule has 0 unspecified atom stereocenters. The van der Waals surface area contributed by atoms with Gasteiger partial charge in [-0.25, -0.2) is 18.0 Å². The van der Waals surface area contributed by atoms with Crippen LogP contribution in [-0.2, 0) is 6.42 Å². The molecule has 1 atom stereocenters. The molecule has 0 aromatic heterocycles. The van der Waals surface area contributed by atoms with Crippen molar-refractivity contribution in [3.8, 4) is 16.9 Å². The van der Waals surface area contributed by atoms with Crippen molar-refractivity contribution in [2.45, 2.75) is 12.8 Å². The summed E-state index contributed by atoms with van der Waals surface area (Å²) in [6, 6.07) is 5.14. The first-order valence-electron chi connectivity index (χ1n) is 7.89. The van der Waals surface area contributed by atoms with Gasteiger partial charge in [0.2, 0.25) is 0 Å². The third kappa shape index (κ3) is 4.11. The van der Waals surface area contributed by atoms with Gasteiger partial charge in [-0.2, -0.15) is 0 Å². The minimum Gasteiger partial charge on any atom is -0.410 e. The molecule has 3 N–H and O–H groups in total. The molecule has 1 fully saturated rings. The Hall–Kier alpha value is -2.54. The first kappa shape index (κ1) is 17.3. The summed E-state index contributed by atoms with van der Waals surface area (Å²) in [7, 11) is 0. The topological polar surface area (TPSA) is 64.4 Å². The monoisotopic (exact) mass is 350 g/mol. The summed E-state index contributed by atoms with van der Waals surface area (Å²) in [6.07, 6.45) is 0.282. The van der Waals surface area contributed by atoms with Crippen LogP contribution in [0.15, 0.2) is 30.3 Å². The van der Waals surface area contributed by atoms with E-state index in [2.05, 4.69) is 5.32 Å². The maximum absolute atomic E-state index is 14.1. The lowest BCUT2D eigenvalue weighted by atomic mass is 9.94. The highest BCUT2D eigenvalue weighted by Gasteiger charge is 2.22. The van der Waals surface area contributed by atoms with Crippen molar-refractivity contribution < 1.29 is 22.7 Å². The van der Waals surface area contributed by atoms with Crippen LogP contribution in [-0.4, -0.2) is 19.2 Å². The molecule has 1 heterocycles. The molecule has 1 amide bonds. The van der Waals surface area contributed by atoms with E-state index >= 15 is 0 Å². The average molecular weight is 350 g/mol. The Morgan fingerprint density at radius 3 is 2.40 bits per heavy atom. The zero-order valence-electron chi connectivity index (χ0n) is 13.3.